The lowest BCUT2D eigenvalue weighted by Crippen LogP contribution is -2.03. The molecule has 0 aliphatic heterocycles. The minimum Gasteiger partial charge on any atom is -0.490 e. The fourth-order valence-electron chi connectivity index (χ4n) is 2.14. The Hall–Kier alpha value is -1.51. The van der Waals surface area contributed by atoms with Gasteiger partial charge in [0.1, 0.15) is 5.75 Å². The zero-order chi connectivity index (χ0) is 13.9. The number of aliphatic hydroxyl groups excluding tert-OH is 1. The lowest BCUT2D eigenvalue weighted by atomic mass is 10.0. The molecule has 1 N–H and O–H groups in total. The first kappa shape index (κ1) is 13.5. The molecule has 0 saturated heterocycles. The minimum absolute atomic E-state index is 0.397. The monoisotopic (exact) mass is 288 g/mol. The van der Waals surface area contributed by atoms with Gasteiger partial charge in [-0.05, 0) is 42.2 Å². The number of benzene rings is 2. The summed E-state index contributed by atoms with van der Waals surface area (Å²) in [6.45, 7) is 0. The molecule has 1 atom stereocenters. The molecular weight excluding hydrogens is 272 g/mol. The largest absolute Gasteiger partial charge is 0.490 e. The summed E-state index contributed by atoms with van der Waals surface area (Å²) in [6.07, 6.45) is 2.66. The van der Waals surface area contributed by atoms with Crippen LogP contribution in [0.4, 0.5) is 0 Å². The summed E-state index contributed by atoms with van der Waals surface area (Å²) >= 11 is 6.11. The van der Waals surface area contributed by atoms with Crippen LogP contribution in [0.3, 0.4) is 0 Å². The summed E-state index contributed by atoms with van der Waals surface area (Å²) in [6, 6.07) is 15.3. The van der Waals surface area contributed by atoms with E-state index >= 15 is 0 Å². The molecule has 104 valence electrons. The van der Waals surface area contributed by atoms with Gasteiger partial charge in [-0.2, -0.15) is 0 Å². The van der Waals surface area contributed by atoms with Gasteiger partial charge in [0, 0.05) is 11.4 Å². The summed E-state index contributed by atoms with van der Waals surface area (Å²) in [5.41, 5.74) is 1.84. The number of rotatable bonds is 5. The maximum Gasteiger partial charge on any atom is 0.119 e. The van der Waals surface area contributed by atoms with Gasteiger partial charge in [0.15, 0.2) is 0 Å². The molecule has 2 aromatic carbocycles. The Morgan fingerprint density at radius 2 is 1.80 bits per heavy atom. The maximum absolute atomic E-state index is 10.3. The normalized spacial score (nSPS) is 15.9. The number of ether oxygens (including phenoxy) is 1. The molecule has 20 heavy (non-hydrogen) atoms. The van der Waals surface area contributed by atoms with Crippen LogP contribution in [0, 0.1) is 0 Å². The average Bonchev–Trinajstić information content (AvgIpc) is 3.26. The highest BCUT2D eigenvalue weighted by molar-refractivity contribution is 6.31. The van der Waals surface area contributed by atoms with E-state index < -0.39 is 6.10 Å². The summed E-state index contributed by atoms with van der Waals surface area (Å²) in [5.74, 6) is 0.876. The molecule has 0 heterocycles. The van der Waals surface area contributed by atoms with Gasteiger partial charge in [-0.25, -0.2) is 0 Å². The first-order valence-corrected chi connectivity index (χ1v) is 7.28. The molecule has 2 aromatic rings. The van der Waals surface area contributed by atoms with Crippen LogP contribution in [-0.4, -0.2) is 11.2 Å². The SMILES string of the molecule is OC(Cc1ccccc1Cl)c1ccc(OC2CC2)cc1. The van der Waals surface area contributed by atoms with Crippen LogP contribution in [0.1, 0.15) is 30.1 Å². The smallest absolute Gasteiger partial charge is 0.119 e. The molecule has 0 spiro atoms. The predicted octanol–water partition coefficient (Wildman–Crippen LogP) is 4.16. The molecule has 0 bridgehead atoms. The summed E-state index contributed by atoms with van der Waals surface area (Å²) in [7, 11) is 0. The Morgan fingerprint density at radius 1 is 1.10 bits per heavy atom. The van der Waals surface area contributed by atoms with Crippen LogP contribution >= 0.6 is 11.6 Å². The molecule has 2 nitrogen and oxygen atoms in total. The van der Waals surface area contributed by atoms with Crippen molar-refractivity contribution in [2.75, 3.05) is 0 Å². The second-order valence-corrected chi connectivity index (χ2v) is 5.60. The van der Waals surface area contributed by atoms with Gasteiger partial charge in [-0.1, -0.05) is 41.9 Å². The zero-order valence-corrected chi connectivity index (χ0v) is 11.9. The fourth-order valence-corrected chi connectivity index (χ4v) is 2.35. The first-order chi connectivity index (χ1) is 9.72. The summed E-state index contributed by atoms with van der Waals surface area (Å²) in [5, 5.41) is 11.0. The van der Waals surface area contributed by atoms with Crippen LogP contribution in [-0.2, 0) is 6.42 Å². The van der Waals surface area contributed by atoms with Gasteiger partial charge in [0.05, 0.1) is 12.2 Å². The Bertz CT molecular complexity index is 576. The van der Waals surface area contributed by atoms with Crippen molar-refractivity contribution >= 4 is 11.6 Å². The van der Waals surface area contributed by atoms with Crippen molar-refractivity contribution < 1.29 is 9.84 Å². The Balaban J connectivity index is 1.67. The van der Waals surface area contributed by atoms with Crippen molar-refractivity contribution in [3.8, 4) is 5.75 Å². The lowest BCUT2D eigenvalue weighted by Gasteiger charge is -2.13. The van der Waals surface area contributed by atoms with Crippen LogP contribution in [0.25, 0.3) is 0 Å². The molecule has 3 rings (SSSR count). The van der Waals surface area contributed by atoms with E-state index in [9.17, 15) is 5.11 Å². The van der Waals surface area contributed by atoms with E-state index in [0.29, 0.717) is 17.5 Å². The predicted molar refractivity (Wildman–Crippen MR) is 80.2 cm³/mol. The molecule has 1 aliphatic carbocycles. The van der Waals surface area contributed by atoms with E-state index in [2.05, 4.69) is 0 Å². The highest BCUT2D eigenvalue weighted by atomic mass is 35.5. The van der Waals surface area contributed by atoms with Gasteiger partial charge in [-0.3, -0.25) is 0 Å². The van der Waals surface area contributed by atoms with Crippen LogP contribution in [0.2, 0.25) is 5.02 Å². The third kappa shape index (κ3) is 3.33. The first-order valence-electron chi connectivity index (χ1n) is 6.90. The van der Waals surface area contributed by atoms with E-state index in [1.165, 1.54) is 0 Å². The quantitative estimate of drug-likeness (QED) is 0.895. The second kappa shape index (κ2) is 5.86. The number of hydrogen-bond donors (Lipinski definition) is 1. The average molecular weight is 289 g/mol. The van der Waals surface area contributed by atoms with Crippen LogP contribution < -0.4 is 4.74 Å². The Kier molecular flexibility index (Phi) is 3.95. The van der Waals surface area contributed by atoms with Crippen molar-refractivity contribution in [3.05, 3.63) is 64.7 Å². The molecule has 0 radical (unpaired) electrons. The van der Waals surface area contributed by atoms with Crippen molar-refractivity contribution in [2.24, 2.45) is 0 Å². The molecule has 1 aliphatic rings. The topological polar surface area (TPSA) is 29.5 Å². The van der Waals surface area contributed by atoms with E-state index in [1.807, 2.05) is 48.5 Å². The van der Waals surface area contributed by atoms with Crippen LogP contribution in [0.5, 0.6) is 5.75 Å². The highest BCUT2D eigenvalue weighted by Gasteiger charge is 2.23. The third-order valence-corrected chi connectivity index (χ3v) is 3.83. The van der Waals surface area contributed by atoms with Crippen molar-refractivity contribution in [1.29, 1.82) is 0 Å². The molecule has 1 unspecified atom stereocenters. The number of aliphatic hydroxyl groups is 1. The van der Waals surface area contributed by atoms with Crippen molar-refractivity contribution in [3.63, 3.8) is 0 Å². The standard InChI is InChI=1S/C17H17ClO2/c18-16-4-2-1-3-13(16)11-17(19)12-5-7-14(8-6-12)20-15-9-10-15/h1-8,15,17,19H,9-11H2. The Morgan fingerprint density at radius 3 is 2.45 bits per heavy atom. The molecule has 3 heteroatoms. The number of hydrogen-bond acceptors (Lipinski definition) is 2. The van der Waals surface area contributed by atoms with E-state index in [1.54, 1.807) is 0 Å². The zero-order valence-electron chi connectivity index (χ0n) is 11.1. The molecule has 1 fully saturated rings. The van der Waals surface area contributed by atoms with E-state index in [-0.39, 0.29) is 0 Å². The summed E-state index contributed by atoms with van der Waals surface area (Å²) in [4.78, 5) is 0. The van der Waals surface area contributed by atoms with Crippen LogP contribution in [0.15, 0.2) is 48.5 Å². The third-order valence-electron chi connectivity index (χ3n) is 3.46. The minimum atomic E-state index is -0.551. The second-order valence-electron chi connectivity index (χ2n) is 5.20. The van der Waals surface area contributed by atoms with Crippen molar-refractivity contribution in [1.82, 2.24) is 0 Å². The summed E-state index contributed by atoms with van der Waals surface area (Å²) < 4.78 is 5.69. The van der Waals surface area contributed by atoms with Gasteiger partial charge >= 0.3 is 0 Å². The van der Waals surface area contributed by atoms with Crippen molar-refractivity contribution in [2.45, 2.75) is 31.5 Å². The lowest BCUT2D eigenvalue weighted by molar-refractivity contribution is 0.178. The van der Waals surface area contributed by atoms with E-state index in [0.717, 1.165) is 29.7 Å². The Labute approximate surface area is 124 Å². The molecule has 0 amide bonds. The van der Waals surface area contributed by atoms with Gasteiger partial charge < -0.3 is 9.84 Å². The molecular formula is C17H17ClO2. The van der Waals surface area contributed by atoms with E-state index in [4.69, 9.17) is 16.3 Å². The fraction of sp³-hybridized carbons (Fsp3) is 0.294. The van der Waals surface area contributed by atoms with Gasteiger partial charge in [0.2, 0.25) is 0 Å². The molecule has 1 saturated carbocycles. The molecule has 0 aromatic heterocycles. The maximum atomic E-state index is 10.3. The highest BCUT2D eigenvalue weighted by Crippen LogP contribution is 2.28. The van der Waals surface area contributed by atoms with Gasteiger partial charge in [-0.15, -0.1) is 0 Å². The number of halogens is 1. The van der Waals surface area contributed by atoms with Gasteiger partial charge in [0.25, 0.3) is 0 Å².